The van der Waals surface area contributed by atoms with E-state index in [9.17, 15) is 50.7 Å². The van der Waals surface area contributed by atoms with E-state index in [1.807, 2.05) is 53.0 Å². The summed E-state index contributed by atoms with van der Waals surface area (Å²) in [6.45, 7) is 14.7. The Morgan fingerprint density at radius 2 is 1.04 bits per heavy atom. The number of fused-ring (bicyclic) bond motifs is 10. The van der Waals surface area contributed by atoms with Crippen molar-refractivity contribution in [2.45, 2.75) is 213 Å². The summed E-state index contributed by atoms with van der Waals surface area (Å²) < 4.78 is 105. The van der Waals surface area contributed by atoms with Crippen LogP contribution in [-0.4, -0.2) is 141 Å². The molecule has 2 saturated carbocycles. The van der Waals surface area contributed by atoms with Gasteiger partial charge in [0, 0.05) is 73.9 Å². The van der Waals surface area contributed by atoms with Crippen LogP contribution in [0.25, 0.3) is 22.1 Å². The fraction of sp³-hybridized carbons (Fsp3) is 0.672. The van der Waals surface area contributed by atoms with Crippen molar-refractivity contribution in [3.05, 3.63) is 47.8 Å². The Labute approximate surface area is 558 Å². The zero-order valence-corrected chi connectivity index (χ0v) is 56.9. The molecule has 0 spiro atoms. The zero-order chi connectivity index (χ0) is 65.3. The number of amides is 2. The Kier molecular flexibility index (Phi) is 24.0. The number of ether oxygens (including phenoxy) is 6. The van der Waals surface area contributed by atoms with Crippen LogP contribution in [0.3, 0.4) is 0 Å². The second-order valence-electron chi connectivity index (χ2n) is 27.5. The molecule has 2 radical (unpaired) electrons. The topological polar surface area (TPSA) is 216 Å². The van der Waals surface area contributed by atoms with Gasteiger partial charge in [-0.2, -0.15) is 13.2 Å². The van der Waals surface area contributed by atoms with Gasteiger partial charge in [0.1, 0.15) is 40.7 Å². The number of halogens is 5. The van der Waals surface area contributed by atoms with Gasteiger partial charge in [-0.25, -0.2) is 41.3 Å². The third-order valence-corrected chi connectivity index (χ3v) is 19.5. The fourth-order valence-electron chi connectivity index (χ4n) is 14.0. The molecule has 4 bridgehead atoms. The number of hydrogen-bond donors (Lipinski definition) is 0. The largest absolute Gasteiger partial charge is 0.540 e. The Morgan fingerprint density at radius 1 is 0.609 bits per heavy atom. The molecular weight excluding hydrogens is 1280 g/mol. The van der Waals surface area contributed by atoms with Crippen LogP contribution in [0.4, 0.5) is 22.0 Å². The van der Waals surface area contributed by atoms with Crippen molar-refractivity contribution in [1.82, 2.24) is 29.7 Å². The van der Waals surface area contributed by atoms with Crippen LogP contribution >= 0.6 is 0 Å². The standard InChI is InChI=1S/C34H44F2N3O6.C33H41F3N3O6.2V/c1-6-22-27(19-40)39-18-28(22)44-31-25(37-24-13-12-21(43-5)14-26(24)38-31)11-9-7-8-10-20-16-34(20,17-29(35)36)45-30(41)15-23(32(39)42)33(2,3)4;1-6-21-26(18-40)39-17-27(21)44-29-24(37-23-13-12-20(43-5)14-25(23)38-29)11-9-7-8-10-19-16-32(19,33(34,35)36)45-28(41)15-22(30(39)42)31(2,3)4;;/h12-14,20,22-23,27-29H,6-11,15-18H2,1-5H3;12-14,19,21-22,26-27H,6-11,15-17H2,1-5H3;;/q2*-1;;/t20-,22+,23-,27-,28+,34+;19-,21+,22-,26-,27+,32-;;/m11../s1. The number of aromatic nitrogens is 4. The van der Waals surface area contributed by atoms with E-state index in [1.54, 1.807) is 59.3 Å². The average molecular weight is 1360 g/mol. The second-order valence-corrected chi connectivity index (χ2v) is 27.5. The molecule has 0 unspecified atom stereocenters. The SMILES string of the molecule is CC[C@@H]1[C@@H]2CN(C(=O)[C@H](C(C)(C)C)CC(=O)O[C@]3(C(F)(F)F)C[C@H]3CCCCCc3nc4ccc(OC)cc4nc3O2)[C@@H]1[C-]=O.CC[C@@H]1[C@@H]2CN(C(=O)[C@H](C(C)(C)C)CC(=O)O[C@]3(CC(F)F)C[C@H]3CCCCCc3nc4ccc(OC)cc4nc3O2)[C@@H]1[C-]=O.[V].[V]. The normalized spacial score (nSPS) is 29.2. The summed E-state index contributed by atoms with van der Waals surface area (Å²) in [6.07, 6.45) is 1.49. The average Bonchev–Trinajstić information content (AvgIpc) is 1.57. The van der Waals surface area contributed by atoms with Gasteiger partial charge in [-0.15, -0.1) is 0 Å². The fourth-order valence-corrected chi connectivity index (χ4v) is 14.0. The molecule has 2 amide bonds. The first kappa shape index (κ1) is 73.8. The molecule has 502 valence electrons. The molecule has 4 fully saturated rings. The molecule has 0 N–H and O–H groups in total. The first-order chi connectivity index (χ1) is 42.6. The number of benzene rings is 2. The van der Waals surface area contributed by atoms with Crippen molar-refractivity contribution in [2.24, 2.45) is 46.3 Å². The summed E-state index contributed by atoms with van der Waals surface area (Å²) in [5, 5.41) is 0. The van der Waals surface area contributed by atoms with Crippen LogP contribution in [0.5, 0.6) is 23.3 Å². The van der Waals surface area contributed by atoms with Crippen LogP contribution in [0.1, 0.15) is 163 Å². The van der Waals surface area contributed by atoms with E-state index in [1.165, 1.54) is 9.80 Å². The van der Waals surface area contributed by atoms with Gasteiger partial charge in [0.2, 0.25) is 35.6 Å². The van der Waals surface area contributed by atoms with Crippen molar-refractivity contribution in [1.29, 1.82) is 0 Å². The van der Waals surface area contributed by atoms with Crippen molar-refractivity contribution >= 4 is 58.4 Å². The molecule has 2 aromatic carbocycles. The van der Waals surface area contributed by atoms with Gasteiger partial charge in [-0.1, -0.05) is 106 Å². The van der Waals surface area contributed by atoms with E-state index in [0.29, 0.717) is 109 Å². The maximum Gasteiger partial charge on any atom is 0.428 e. The predicted octanol–water partition coefficient (Wildman–Crippen LogP) is 11.6. The number of carbonyl (C=O) groups excluding carboxylic acids is 6. The summed E-state index contributed by atoms with van der Waals surface area (Å²) in [7, 11) is 3.13. The van der Waals surface area contributed by atoms with Gasteiger partial charge < -0.3 is 47.8 Å². The molecule has 4 aromatic rings. The zero-order valence-electron chi connectivity index (χ0n) is 54.1. The number of esters is 2. The van der Waals surface area contributed by atoms with Gasteiger partial charge in [-0.3, -0.25) is 19.2 Å². The van der Waals surface area contributed by atoms with Crippen LogP contribution in [0.15, 0.2) is 36.4 Å². The molecule has 2 saturated heterocycles. The van der Waals surface area contributed by atoms with Crippen molar-refractivity contribution < 1.29 is 116 Å². The smallest absolute Gasteiger partial charge is 0.428 e. The van der Waals surface area contributed by atoms with Crippen molar-refractivity contribution in [3.8, 4) is 23.3 Å². The number of rotatable bonds is 8. The van der Waals surface area contributed by atoms with E-state index in [-0.39, 0.29) is 93.1 Å². The molecule has 2 aromatic heterocycles. The maximum atomic E-state index is 14.3. The van der Waals surface area contributed by atoms with Gasteiger partial charge in [-0.05, 0) is 91.9 Å². The summed E-state index contributed by atoms with van der Waals surface area (Å²) in [4.78, 5) is 102. The third kappa shape index (κ3) is 16.2. The molecule has 92 heavy (non-hydrogen) atoms. The first-order valence-electron chi connectivity index (χ1n) is 31.8. The minimum atomic E-state index is -4.72. The van der Waals surface area contributed by atoms with Crippen molar-refractivity contribution in [2.75, 3.05) is 27.3 Å². The van der Waals surface area contributed by atoms with Crippen LogP contribution < -0.4 is 18.9 Å². The summed E-state index contributed by atoms with van der Waals surface area (Å²) in [6, 6.07) is 8.93. The third-order valence-electron chi connectivity index (χ3n) is 19.5. The summed E-state index contributed by atoms with van der Waals surface area (Å²) >= 11 is 0. The molecule has 6 heterocycles. The number of carbonyl (C=O) groups is 4. The van der Waals surface area contributed by atoms with Gasteiger partial charge in [0.15, 0.2) is 0 Å². The van der Waals surface area contributed by atoms with E-state index < -0.39 is 113 Å². The molecular formula is C67H85F5N6O12V2-2. The Balaban J connectivity index is 0.000000255. The first-order valence-corrected chi connectivity index (χ1v) is 31.8. The van der Waals surface area contributed by atoms with E-state index in [4.69, 9.17) is 48.4 Å². The molecule has 12 atom stereocenters. The number of aryl methyl sites for hydroxylation is 2. The quantitative estimate of drug-likeness (QED) is 0.0910. The second kappa shape index (κ2) is 30.0. The van der Waals surface area contributed by atoms with E-state index in [0.717, 1.165) is 19.3 Å². The van der Waals surface area contributed by atoms with E-state index in [2.05, 4.69) is 6.29 Å². The van der Waals surface area contributed by atoms with Gasteiger partial charge >= 0.3 is 18.1 Å². The number of methoxy groups -OCH3 is 2. The Bertz CT molecular complexity index is 3300. The molecule has 18 nitrogen and oxygen atoms in total. The van der Waals surface area contributed by atoms with Gasteiger partial charge in [0.25, 0.3) is 0 Å². The van der Waals surface area contributed by atoms with Gasteiger partial charge in [0.05, 0.1) is 74.1 Å². The molecule has 10 rings (SSSR count). The summed E-state index contributed by atoms with van der Waals surface area (Å²) in [5.41, 5.74) is -1.47. The Hall–Kier alpha value is -5.64. The maximum absolute atomic E-state index is 14.3. The van der Waals surface area contributed by atoms with Crippen LogP contribution in [-0.2, 0) is 88.2 Å². The molecule has 25 heteroatoms. The minimum Gasteiger partial charge on any atom is -0.540 e. The molecule has 2 aliphatic carbocycles. The number of nitrogens with zero attached hydrogens (tertiary/aromatic N) is 6. The van der Waals surface area contributed by atoms with Crippen LogP contribution in [0, 0.1) is 46.3 Å². The van der Waals surface area contributed by atoms with E-state index >= 15 is 0 Å². The predicted molar refractivity (Wildman–Crippen MR) is 321 cm³/mol. The minimum absolute atomic E-state index is 0. The van der Waals surface area contributed by atoms with Crippen molar-refractivity contribution in [3.63, 3.8) is 0 Å². The Morgan fingerprint density at radius 3 is 1.43 bits per heavy atom. The molecule has 6 aliphatic rings. The number of alkyl halides is 5. The molecule has 4 aliphatic heterocycles. The summed E-state index contributed by atoms with van der Waals surface area (Å²) in [5.74, 6) is -4.44. The van der Waals surface area contributed by atoms with Crippen LogP contribution in [0.2, 0.25) is 0 Å². The number of hydrogen-bond acceptors (Lipinski definition) is 16. The monoisotopic (exact) mass is 1360 g/mol.